The van der Waals surface area contributed by atoms with Gasteiger partial charge in [-0.15, -0.1) is 0 Å². The molecule has 0 fully saturated rings. The quantitative estimate of drug-likeness (QED) is 0.239. The van der Waals surface area contributed by atoms with E-state index in [1.807, 2.05) is 12.1 Å². The third kappa shape index (κ3) is 8.38. The molecule has 2 aromatic rings. The first-order chi connectivity index (χ1) is 15.4. The number of benzene rings is 2. The second-order valence-corrected chi connectivity index (χ2v) is 8.94. The Morgan fingerprint density at radius 2 is 1.47 bits per heavy atom. The molecular formula is C23H26FO7P. The predicted octanol–water partition coefficient (Wildman–Crippen LogP) is 4.82. The number of rotatable bonds is 13. The monoisotopic (exact) mass is 464 g/mol. The zero-order valence-electron chi connectivity index (χ0n) is 17.7. The largest absolute Gasteiger partial charge is 0.467 e. The molecule has 2 aromatic carbocycles. The molecule has 0 aliphatic rings. The number of halogens is 1. The zero-order valence-corrected chi connectivity index (χ0v) is 18.6. The van der Waals surface area contributed by atoms with E-state index in [0.29, 0.717) is 0 Å². The van der Waals surface area contributed by atoms with Crippen molar-refractivity contribution in [2.24, 2.45) is 5.92 Å². The zero-order chi connectivity index (χ0) is 23.4. The van der Waals surface area contributed by atoms with Crippen LogP contribution < -0.4 is 0 Å². The number of esters is 2. The van der Waals surface area contributed by atoms with Crippen molar-refractivity contribution in [1.29, 1.82) is 0 Å². The average molecular weight is 464 g/mol. The van der Waals surface area contributed by atoms with E-state index in [4.69, 9.17) is 13.8 Å². The van der Waals surface area contributed by atoms with Crippen LogP contribution in [0.2, 0.25) is 0 Å². The van der Waals surface area contributed by atoms with E-state index >= 15 is 0 Å². The van der Waals surface area contributed by atoms with Crippen molar-refractivity contribution < 1.29 is 37.1 Å². The van der Waals surface area contributed by atoms with E-state index in [-0.39, 0.29) is 13.2 Å². The summed E-state index contributed by atoms with van der Waals surface area (Å²) >= 11 is 0. The van der Waals surface area contributed by atoms with E-state index in [1.165, 1.54) is 0 Å². The van der Waals surface area contributed by atoms with Crippen LogP contribution in [0, 0.1) is 5.92 Å². The minimum atomic E-state index is -3.93. The van der Waals surface area contributed by atoms with E-state index in [2.05, 4.69) is 11.3 Å². The summed E-state index contributed by atoms with van der Waals surface area (Å²) in [6.45, 7) is 3.20. The van der Waals surface area contributed by atoms with Crippen LogP contribution in [0.3, 0.4) is 0 Å². The highest BCUT2D eigenvalue weighted by atomic mass is 31.2. The fraction of sp³-hybridized carbons (Fsp3) is 0.304. The third-order valence-electron chi connectivity index (χ3n) is 4.47. The molecule has 0 aliphatic heterocycles. The smallest absolute Gasteiger partial charge is 0.340 e. The molecule has 0 radical (unpaired) electrons. The Morgan fingerprint density at radius 3 is 1.91 bits per heavy atom. The van der Waals surface area contributed by atoms with Crippen molar-refractivity contribution in [1.82, 2.24) is 0 Å². The van der Waals surface area contributed by atoms with Crippen LogP contribution in [0.5, 0.6) is 0 Å². The Kier molecular flexibility index (Phi) is 10.3. The molecule has 172 valence electrons. The van der Waals surface area contributed by atoms with Crippen LogP contribution in [0.15, 0.2) is 73.5 Å². The molecule has 0 amide bonds. The molecule has 0 aromatic heterocycles. The summed E-state index contributed by atoms with van der Waals surface area (Å²) in [5, 5.41) is 0. The first-order valence-corrected chi connectivity index (χ1v) is 11.6. The molecule has 2 atom stereocenters. The number of hydrogen-bond donors (Lipinski definition) is 0. The number of ether oxygens (including phenoxy) is 2. The SMILES string of the molecule is C=COC(=O)C(CC(F)C(=O)OC)CP(=O)(OCc1ccccc1)OCc1ccccc1. The van der Waals surface area contributed by atoms with Gasteiger partial charge >= 0.3 is 19.5 Å². The van der Waals surface area contributed by atoms with Gasteiger partial charge in [-0.25, -0.2) is 9.18 Å². The van der Waals surface area contributed by atoms with Gasteiger partial charge in [0.25, 0.3) is 0 Å². The Bertz CT molecular complexity index is 873. The molecule has 2 unspecified atom stereocenters. The Hall–Kier alpha value is -2.80. The van der Waals surface area contributed by atoms with Crippen molar-refractivity contribution in [3.63, 3.8) is 0 Å². The molecule has 32 heavy (non-hydrogen) atoms. The van der Waals surface area contributed by atoms with E-state index in [1.54, 1.807) is 48.5 Å². The Labute approximate surface area is 186 Å². The minimum absolute atomic E-state index is 0.0494. The second-order valence-electron chi connectivity index (χ2n) is 6.84. The first kappa shape index (κ1) is 25.5. The number of alkyl halides is 1. The topological polar surface area (TPSA) is 88.1 Å². The normalized spacial score (nSPS) is 13.1. The maximum atomic E-state index is 14.2. The van der Waals surface area contributed by atoms with Crippen molar-refractivity contribution >= 4 is 19.5 Å². The second kappa shape index (κ2) is 12.9. The van der Waals surface area contributed by atoms with Gasteiger partial charge in [-0.05, 0) is 11.1 Å². The van der Waals surface area contributed by atoms with E-state index in [9.17, 15) is 18.5 Å². The van der Waals surface area contributed by atoms with Gasteiger partial charge in [0, 0.05) is 6.42 Å². The maximum absolute atomic E-state index is 14.2. The number of hydrogen-bond acceptors (Lipinski definition) is 7. The van der Waals surface area contributed by atoms with Gasteiger partial charge in [0.2, 0.25) is 0 Å². The van der Waals surface area contributed by atoms with Crippen molar-refractivity contribution in [2.45, 2.75) is 25.8 Å². The lowest BCUT2D eigenvalue weighted by Gasteiger charge is -2.23. The molecule has 9 heteroatoms. The third-order valence-corrected chi connectivity index (χ3v) is 6.40. The molecule has 0 spiro atoms. The highest BCUT2D eigenvalue weighted by Gasteiger charge is 2.37. The van der Waals surface area contributed by atoms with Crippen LogP contribution in [-0.2, 0) is 45.9 Å². The van der Waals surface area contributed by atoms with Gasteiger partial charge in [-0.2, -0.15) is 0 Å². The van der Waals surface area contributed by atoms with Crippen molar-refractivity contribution in [3.8, 4) is 0 Å². The average Bonchev–Trinajstić information content (AvgIpc) is 2.82. The van der Waals surface area contributed by atoms with Crippen LogP contribution in [-0.4, -0.2) is 31.4 Å². The van der Waals surface area contributed by atoms with Gasteiger partial charge in [0.15, 0.2) is 6.17 Å². The first-order valence-electron chi connectivity index (χ1n) is 9.86. The fourth-order valence-electron chi connectivity index (χ4n) is 2.80. The van der Waals surface area contributed by atoms with Crippen LogP contribution in [0.25, 0.3) is 0 Å². The molecule has 0 saturated carbocycles. The standard InChI is InChI=1S/C23H26FO7P/c1-3-29-22(25)20(14-21(24)23(26)28-2)17-32(27,30-15-18-10-6-4-7-11-18)31-16-19-12-8-5-9-13-19/h3-13,20-21H,1,14-17H2,2H3. The summed E-state index contributed by atoms with van der Waals surface area (Å²) in [4.78, 5) is 23.9. The molecule has 0 saturated heterocycles. The summed E-state index contributed by atoms with van der Waals surface area (Å²) in [5.74, 6) is -3.34. The summed E-state index contributed by atoms with van der Waals surface area (Å²) < 4.78 is 48.2. The van der Waals surface area contributed by atoms with Gasteiger partial charge < -0.3 is 18.5 Å². The number of methoxy groups -OCH3 is 1. The Balaban J connectivity index is 2.22. The highest BCUT2D eigenvalue weighted by Crippen LogP contribution is 2.52. The molecular weight excluding hydrogens is 438 g/mol. The van der Waals surface area contributed by atoms with Gasteiger partial charge in [0.1, 0.15) is 0 Å². The lowest BCUT2D eigenvalue weighted by atomic mass is 10.0. The highest BCUT2D eigenvalue weighted by molar-refractivity contribution is 7.53. The fourth-order valence-corrected chi connectivity index (χ4v) is 4.62. The van der Waals surface area contributed by atoms with E-state index < -0.39 is 44.2 Å². The maximum Gasteiger partial charge on any atom is 0.340 e. The van der Waals surface area contributed by atoms with Crippen LogP contribution in [0.4, 0.5) is 4.39 Å². The summed E-state index contributed by atoms with van der Waals surface area (Å²) in [6.07, 6.45) is -2.33. The number of carbonyl (C=O) groups is 2. The molecule has 7 nitrogen and oxygen atoms in total. The van der Waals surface area contributed by atoms with Crippen molar-refractivity contribution in [3.05, 3.63) is 84.6 Å². The molecule has 0 N–H and O–H groups in total. The predicted molar refractivity (Wildman–Crippen MR) is 116 cm³/mol. The van der Waals surface area contributed by atoms with Crippen LogP contribution in [0.1, 0.15) is 17.5 Å². The molecule has 0 bridgehead atoms. The van der Waals surface area contributed by atoms with Crippen LogP contribution >= 0.6 is 7.60 Å². The van der Waals surface area contributed by atoms with E-state index in [0.717, 1.165) is 24.5 Å². The van der Waals surface area contributed by atoms with Gasteiger partial charge in [-0.3, -0.25) is 9.36 Å². The molecule has 0 aliphatic carbocycles. The molecule has 0 heterocycles. The minimum Gasteiger partial charge on any atom is -0.467 e. The van der Waals surface area contributed by atoms with Crippen molar-refractivity contribution in [2.75, 3.05) is 13.3 Å². The van der Waals surface area contributed by atoms with Gasteiger partial charge in [-0.1, -0.05) is 67.2 Å². The molecule has 2 rings (SSSR count). The lowest BCUT2D eigenvalue weighted by Crippen LogP contribution is -2.28. The summed E-state index contributed by atoms with van der Waals surface area (Å²) in [6, 6.07) is 17.9. The van der Waals surface area contributed by atoms with Gasteiger partial charge in [0.05, 0.1) is 38.7 Å². The lowest BCUT2D eigenvalue weighted by molar-refractivity contribution is -0.149. The Morgan fingerprint density at radius 1 is 0.969 bits per heavy atom. The summed E-state index contributed by atoms with van der Waals surface area (Å²) in [5.41, 5.74) is 1.47. The summed E-state index contributed by atoms with van der Waals surface area (Å²) in [7, 11) is -2.90. The number of carbonyl (C=O) groups excluding carboxylic acids is 2.